The highest BCUT2D eigenvalue weighted by Gasteiger charge is 2.08. The van der Waals surface area contributed by atoms with E-state index in [-0.39, 0.29) is 0 Å². The van der Waals surface area contributed by atoms with Crippen LogP contribution in [0.25, 0.3) is 0 Å². The lowest BCUT2D eigenvalue weighted by molar-refractivity contribution is 0.0600. The second-order valence-electron chi connectivity index (χ2n) is 5.22. The van der Waals surface area contributed by atoms with Crippen molar-refractivity contribution >= 4 is 28.5 Å². The van der Waals surface area contributed by atoms with Crippen LogP contribution in [0, 0.1) is 6.08 Å². The van der Waals surface area contributed by atoms with Crippen LogP contribution >= 0.6 is 11.6 Å². The van der Waals surface area contributed by atoms with E-state index in [2.05, 4.69) is 10.8 Å². The lowest BCUT2D eigenvalue weighted by Gasteiger charge is -2.03. The molecule has 0 fully saturated rings. The van der Waals surface area contributed by atoms with Gasteiger partial charge in [0.1, 0.15) is 12.2 Å². The molecule has 0 aromatic heterocycles. The molecule has 27 heavy (non-hydrogen) atoms. The molecule has 2 N–H and O–H groups in total. The zero-order valence-corrected chi connectivity index (χ0v) is 15.3. The van der Waals surface area contributed by atoms with E-state index in [9.17, 15) is 9.59 Å². The molecule has 0 saturated carbocycles. The number of hydrogen-bond donors (Lipinski definition) is 1. The molecule has 2 aromatic rings. The smallest absolute Gasteiger partial charge is 0.337 e. The zero-order chi connectivity index (χ0) is 19.6. The molecule has 3 rings (SSSR count). The van der Waals surface area contributed by atoms with Gasteiger partial charge in [0.05, 0.1) is 30.5 Å². The number of hydrogen-bond acceptors (Lipinski definition) is 5. The topological polar surface area (TPSA) is 78.6 Å². The highest BCUT2D eigenvalue weighted by molar-refractivity contribution is 6.67. The number of halogens is 1. The Morgan fingerprint density at radius 3 is 2.26 bits per heavy atom. The van der Waals surface area contributed by atoms with Gasteiger partial charge in [-0.1, -0.05) is 12.1 Å². The summed E-state index contributed by atoms with van der Waals surface area (Å²) < 4.78 is 10.0. The molecule has 0 aliphatic heterocycles. The summed E-state index contributed by atoms with van der Waals surface area (Å²) in [5.74, 6) is 0.978. The first kappa shape index (κ1) is 19.9. The molecular formula is C21H17ClNO4+. The minimum absolute atomic E-state index is 0.356. The van der Waals surface area contributed by atoms with Crippen LogP contribution in [0.1, 0.15) is 20.7 Å². The molecule has 0 heterocycles. The number of allylic oxidation sites excluding steroid dienone is 5. The summed E-state index contributed by atoms with van der Waals surface area (Å²) in [6.45, 7) is 0. The van der Waals surface area contributed by atoms with Gasteiger partial charge in [-0.05, 0) is 48.0 Å². The summed E-state index contributed by atoms with van der Waals surface area (Å²) in [5, 5.41) is -0.545. The second kappa shape index (κ2) is 9.92. The first-order valence-electron chi connectivity index (χ1n) is 7.88. The summed E-state index contributed by atoms with van der Waals surface area (Å²) >= 11 is 5.21. The third kappa shape index (κ3) is 6.12. The van der Waals surface area contributed by atoms with Crippen molar-refractivity contribution in [3.63, 3.8) is 0 Å². The minimum Gasteiger partial charge on any atom is -0.465 e. The standard InChI is InChI=1S/C12H10NO.C9H7ClO3/c13-11-8-4-5-9-12(11)14-10-6-2-1-3-7-10;1-13-9(12)7-4-2-6(3-5-7)8(10)11/h1-2,4-9H,13H2;2-5H,1H3/q+1;. The average Bonchev–Trinajstić information content (AvgIpc) is 2.70. The molecule has 1 aliphatic carbocycles. The summed E-state index contributed by atoms with van der Waals surface area (Å²) in [4.78, 5) is 21.6. The minimum atomic E-state index is -0.545. The second-order valence-corrected chi connectivity index (χ2v) is 5.56. The molecule has 0 atom stereocenters. The number of anilines is 1. The lowest BCUT2D eigenvalue weighted by Crippen LogP contribution is -2.01. The van der Waals surface area contributed by atoms with E-state index in [1.165, 1.54) is 31.4 Å². The predicted octanol–water partition coefficient (Wildman–Crippen LogP) is 4.31. The Kier molecular flexibility index (Phi) is 7.32. The van der Waals surface area contributed by atoms with Gasteiger partial charge in [0.25, 0.3) is 5.24 Å². The van der Waals surface area contributed by atoms with Gasteiger partial charge < -0.3 is 15.2 Å². The van der Waals surface area contributed by atoms with E-state index >= 15 is 0 Å². The highest BCUT2D eigenvalue weighted by Crippen LogP contribution is 2.23. The molecule has 0 spiro atoms. The van der Waals surface area contributed by atoms with Crippen LogP contribution in [0.5, 0.6) is 5.75 Å². The number of nitrogen functional groups attached to an aromatic ring is 1. The van der Waals surface area contributed by atoms with E-state index < -0.39 is 11.2 Å². The normalized spacial score (nSPS) is 11.4. The van der Waals surface area contributed by atoms with Crippen molar-refractivity contribution < 1.29 is 19.1 Å². The van der Waals surface area contributed by atoms with Crippen molar-refractivity contribution in [1.29, 1.82) is 0 Å². The van der Waals surface area contributed by atoms with Gasteiger partial charge in [0.2, 0.25) is 5.76 Å². The van der Waals surface area contributed by atoms with Crippen LogP contribution in [0.15, 0.2) is 78.6 Å². The van der Waals surface area contributed by atoms with Crippen LogP contribution in [-0.4, -0.2) is 18.3 Å². The Morgan fingerprint density at radius 1 is 1.04 bits per heavy atom. The van der Waals surface area contributed by atoms with Gasteiger partial charge in [0, 0.05) is 11.6 Å². The molecule has 0 amide bonds. The lowest BCUT2D eigenvalue weighted by atomic mass is 10.1. The van der Waals surface area contributed by atoms with Crippen LogP contribution in [0.4, 0.5) is 5.69 Å². The number of nitrogens with two attached hydrogens (primary N) is 1. The van der Waals surface area contributed by atoms with Gasteiger partial charge in [-0.2, -0.15) is 0 Å². The Morgan fingerprint density at radius 2 is 1.70 bits per heavy atom. The van der Waals surface area contributed by atoms with Crippen LogP contribution in [-0.2, 0) is 4.74 Å². The largest absolute Gasteiger partial charge is 0.465 e. The number of benzene rings is 2. The van der Waals surface area contributed by atoms with Gasteiger partial charge in [-0.25, -0.2) is 4.79 Å². The summed E-state index contributed by atoms with van der Waals surface area (Å²) in [6, 6.07) is 13.3. The van der Waals surface area contributed by atoms with Crippen LogP contribution in [0.2, 0.25) is 0 Å². The monoisotopic (exact) mass is 382 g/mol. The van der Waals surface area contributed by atoms with Gasteiger partial charge in [-0.15, -0.1) is 0 Å². The van der Waals surface area contributed by atoms with Crippen molar-refractivity contribution in [2.24, 2.45) is 0 Å². The number of carbonyl (C=O) groups excluding carboxylic acids is 2. The average molecular weight is 383 g/mol. The number of methoxy groups -OCH3 is 1. The number of ether oxygens (including phenoxy) is 2. The van der Waals surface area contributed by atoms with E-state index in [1.54, 1.807) is 6.08 Å². The van der Waals surface area contributed by atoms with E-state index in [4.69, 9.17) is 22.1 Å². The molecule has 0 saturated heterocycles. The number of carbonyl (C=O) groups is 2. The zero-order valence-electron chi connectivity index (χ0n) is 14.5. The fourth-order valence-corrected chi connectivity index (χ4v) is 2.12. The number of para-hydroxylation sites is 2. The SMILES string of the molecule is COC(=O)c1ccc(C(=O)Cl)cc1.Nc1ccccc1OC1=CC=C[C+]=C1. The Labute approximate surface area is 162 Å². The fraction of sp³-hybridized carbons (Fsp3) is 0.0476. The molecular weight excluding hydrogens is 366 g/mol. The molecule has 1 aliphatic rings. The summed E-state index contributed by atoms with van der Waals surface area (Å²) in [6.07, 6.45) is 10.3. The van der Waals surface area contributed by atoms with Gasteiger partial charge >= 0.3 is 5.97 Å². The van der Waals surface area contributed by atoms with Crippen molar-refractivity contribution in [3.05, 3.63) is 95.8 Å². The summed E-state index contributed by atoms with van der Waals surface area (Å²) in [7, 11) is 1.29. The first-order chi connectivity index (χ1) is 13.0. The Bertz CT molecular complexity index is 899. The van der Waals surface area contributed by atoms with E-state index in [0.29, 0.717) is 22.6 Å². The Hall–Kier alpha value is -3.40. The Balaban J connectivity index is 0.000000194. The quantitative estimate of drug-likeness (QED) is 0.369. The number of rotatable bonds is 4. The summed E-state index contributed by atoms with van der Waals surface area (Å²) in [5.41, 5.74) is 7.12. The third-order valence-corrected chi connectivity index (χ3v) is 3.58. The van der Waals surface area contributed by atoms with Crippen LogP contribution in [0.3, 0.4) is 0 Å². The highest BCUT2D eigenvalue weighted by atomic mass is 35.5. The van der Waals surface area contributed by atoms with E-state index in [1.807, 2.05) is 42.5 Å². The van der Waals surface area contributed by atoms with Crippen LogP contribution < -0.4 is 10.5 Å². The maximum Gasteiger partial charge on any atom is 0.337 e. The molecule has 136 valence electrons. The van der Waals surface area contributed by atoms with Gasteiger partial charge in [0.15, 0.2) is 5.75 Å². The van der Waals surface area contributed by atoms with Crippen molar-refractivity contribution in [2.45, 2.75) is 0 Å². The predicted molar refractivity (Wildman–Crippen MR) is 104 cm³/mol. The molecule has 0 bridgehead atoms. The first-order valence-corrected chi connectivity index (χ1v) is 8.25. The molecule has 2 aromatic carbocycles. The molecule has 6 heteroatoms. The van der Waals surface area contributed by atoms with E-state index in [0.717, 1.165) is 5.76 Å². The van der Waals surface area contributed by atoms with Gasteiger partial charge in [-0.3, -0.25) is 4.79 Å². The van der Waals surface area contributed by atoms with Crippen molar-refractivity contribution in [3.8, 4) is 5.75 Å². The van der Waals surface area contributed by atoms with Crippen molar-refractivity contribution in [1.82, 2.24) is 0 Å². The van der Waals surface area contributed by atoms with Crippen molar-refractivity contribution in [2.75, 3.05) is 12.8 Å². The molecule has 0 unspecified atom stereocenters. The fourth-order valence-electron chi connectivity index (χ4n) is 2.00. The third-order valence-electron chi connectivity index (χ3n) is 3.36. The maximum absolute atomic E-state index is 11.0. The molecule has 0 radical (unpaired) electrons. The maximum atomic E-state index is 11.0. The number of esters is 1. The molecule has 5 nitrogen and oxygen atoms in total.